The van der Waals surface area contributed by atoms with Crippen LogP contribution in [0.2, 0.25) is 5.02 Å². The van der Waals surface area contributed by atoms with E-state index in [-0.39, 0.29) is 0 Å². The highest BCUT2D eigenvalue weighted by atomic mass is 35.5. The van der Waals surface area contributed by atoms with Crippen molar-refractivity contribution in [3.05, 3.63) is 29.3 Å². The molecule has 1 saturated heterocycles. The van der Waals surface area contributed by atoms with Gasteiger partial charge in [0, 0.05) is 36.4 Å². The Morgan fingerprint density at radius 2 is 2.13 bits per heavy atom. The maximum absolute atomic E-state index is 5.99. The van der Waals surface area contributed by atoms with Crippen LogP contribution in [-0.2, 0) is 0 Å². The minimum absolute atomic E-state index is 0.609. The third-order valence-corrected chi connectivity index (χ3v) is 3.37. The van der Waals surface area contributed by atoms with E-state index < -0.39 is 0 Å². The number of piperazine rings is 1. The molecule has 2 nitrogen and oxygen atoms in total. The third kappa shape index (κ3) is 2.44. The zero-order chi connectivity index (χ0) is 10.8. The zero-order valence-corrected chi connectivity index (χ0v) is 10.0. The summed E-state index contributed by atoms with van der Waals surface area (Å²) in [7, 11) is 2.18. The minimum Gasteiger partial charge on any atom is -0.369 e. The molecule has 0 N–H and O–H groups in total. The second-order valence-corrected chi connectivity index (χ2v) is 4.69. The van der Waals surface area contributed by atoms with Crippen LogP contribution in [-0.4, -0.2) is 37.6 Å². The van der Waals surface area contributed by atoms with Gasteiger partial charge in [0.2, 0.25) is 0 Å². The molecule has 0 aliphatic carbocycles. The Morgan fingerprint density at radius 1 is 1.33 bits per heavy atom. The molecule has 1 unspecified atom stereocenters. The molecule has 15 heavy (non-hydrogen) atoms. The molecule has 1 aliphatic heterocycles. The average Bonchev–Trinajstić information content (AvgIpc) is 2.22. The van der Waals surface area contributed by atoms with Crippen molar-refractivity contribution in [2.45, 2.75) is 13.0 Å². The predicted octanol–water partition coefficient (Wildman–Crippen LogP) is 2.48. The van der Waals surface area contributed by atoms with Crippen LogP contribution in [0, 0.1) is 0 Å². The van der Waals surface area contributed by atoms with Crippen LogP contribution in [0.15, 0.2) is 24.3 Å². The van der Waals surface area contributed by atoms with Gasteiger partial charge in [-0.05, 0) is 32.2 Å². The van der Waals surface area contributed by atoms with Crippen LogP contribution in [0.25, 0.3) is 0 Å². The Kier molecular flexibility index (Phi) is 3.17. The smallest absolute Gasteiger partial charge is 0.0426 e. The molecule has 1 fully saturated rings. The van der Waals surface area contributed by atoms with Gasteiger partial charge < -0.3 is 9.80 Å². The van der Waals surface area contributed by atoms with Crippen molar-refractivity contribution >= 4 is 17.3 Å². The van der Waals surface area contributed by atoms with E-state index in [1.165, 1.54) is 5.69 Å². The molecule has 0 aromatic heterocycles. The molecule has 0 amide bonds. The fraction of sp³-hybridized carbons (Fsp3) is 0.500. The lowest BCUT2D eigenvalue weighted by Crippen LogP contribution is -2.50. The first-order chi connectivity index (χ1) is 7.16. The van der Waals surface area contributed by atoms with Crippen molar-refractivity contribution in [1.82, 2.24) is 4.90 Å². The summed E-state index contributed by atoms with van der Waals surface area (Å²) in [4.78, 5) is 4.79. The van der Waals surface area contributed by atoms with Crippen molar-refractivity contribution in [3.8, 4) is 0 Å². The molecule has 1 aromatic rings. The second-order valence-electron chi connectivity index (χ2n) is 4.26. The predicted molar refractivity (Wildman–Crippen MR) is 65.8 cm³/mol. The Hall–Kier alpha value is -0.730. The van der Waals surface area contributed by atoms with Crippen LogP contribution in [0.1, 0.15) is 6.92 Å². The van der Waals surface area contributed by atoms with E-state index in [0.29, 0.717) is 6.04 Å². The van der Waals surface area contributed by atoms with Crippen LogP contribution in [0.5, 0.6) is 0 Å². The molecule has 1 heterocycles. The lowest BCUT2D eigenvalue weighted by molar-refractivity contribution is 0.234. The molecule has 1 aliphatic rings. The lowest BCUT2D eigenvalue weighted by Gasteiger charge is -2.39. The van der Waals surface area contributed by atoms with Crippen LogP contribution in [0.3, 0.4) is 0 Å². The molecule has 82 valence electrons. The van der Waals surface area contributed by atoms with E-state index in [1.54, 1.807) is 0 Å². The normalized spacial score (nSPS) is 23.1. The molecule has 0 spiro atoms. The van der Waals surface area contributed by atoms with Gasteiger partial charge in [0.05, 0.1) is 0 Å². The first-order valence-electron chi connectivity index (χ1n) is 5.37. The van der Waals surface area contributed by atoms with E-state index in [1.807, 2.05) is 18.2 Å². The summed E-state index contributed by atoms with van der Waals surface area (Å²) in [6.07, 6.45) is 0. The van der Waals surface area contributed by atoms with Crippen molar-refractivity contribution < 1.29 is 0 Å². The van der Waals surface area contributed by atoms with Gasteiger partial charge in [-0.1, -0.05) is 17.7 Å². The van der Waals surface area contributed by atoms with Gasteiger partial charge in [-0.15, -0.1) is 0 Å². The van der Waals surface area contributed by atoms with Gasteiger partial charge >= 0.3 is 0 Å². The number of rotatable bonds is 1. The van der Waals surface area contributed by atoms with Crippen molar-refractivity contribution in [3.63, 3.8) is 0 Å². The summed E-state index contributed by atoms with van der Waals surface area (Å²) in [5.74, 6) is 0. The van der Waals surface area contributed by atoms with Crippen molar-refractivity contribution in [2.75, 3.05) is 31.6 Å². The van der Waals surface area contributed by atoms with E-state index in [0.717, 1.165) is 24.7 Å². The number of likely N-dealkylation sites (N-methyl/N-ethyl adjacent to an activating group) is 1. The number of halogens is 1. The Balaban J connectivity index is 2.12. The average molecular weight is 225 g/mol. The molecule has 0 saturated carbocycles. The Labute approximate surface area is 96.4 Å². The van der Waals surface area contributed by atoms with Gasteiger partial charge in [-0.2, -0.15) is 0 Å². The molecule has 0 bridgehead atoms. The van der Waals surface area contributed by atoms with Crippen molar-refractivity contribution in [2.24, 2.45) is 0 Å². The zero-order valence-electron chi connectivity index (χ0n) is 9.28. The first-order valence-corrected chi connectivity index (χ1v) is 5.75. The SMILES string of the molecule is CC1CN(c2cccc(Cl)c2)CCN1C. The highest BCUT2D eigenvalue weighted by Crippen LogP contribution is 2.21. The quantitative estimate of drug-likeness (QED) is 0.723. The molecular weight excluding hydrogens is 208 g/mol. The molecule has 1 atom stereocenters. The summed E-state index contributed by atoms with van der Waals surface area (Å²) in [6, 6.07) is 8.71. The van der Waals surface area contributed by atoms with Crippen molar-refractivity contribution in [1.29, 1.82) is 0 Å². The second kappa shape index (κ2) is 4.42. The molecule has 3 heteroatoms. The van der Waals surface area contributed by atoms with E-state index in [4.69, 9.17) is 11.6 Å². The maximum atomic E-state index is 5.99. The molecule has 2 rings (SSSR count). The van der Waals surface area contributed by atoms with E-state index in [2.05, 4.69) is 29.8 Å². The van der Waals surface area contributed by atoms with E-state index >= 15 is 0 Å². The van der Waals surface area contributed by atoms with Gasteiger partial charge in [-0.3, -0.25) is 0 Å². The lowest BCUT2D eigenvalue weighted by atomic mass is 10.2. The molecule has 0 radical (unpaired) electrons. The Bertz CT molecular complexity index is 340. The fourth-order valence-corrected chi connectivity index (χ4v) is 2.14. The highest BCUT2D eigenvalue weighted by molar-refractivity contribution is 6.30. The summed E-state index contributed by atoms with van der Waals surface area (Å²) in [5.41, 5.74) is 1.24. The van der Waals surface area contributed by atoms with Gasteiger partial charge in [0.15, 0.2) is 0 Å². The highest BCUT2D eigenvalue weighted by Gasteiger charge is 2.20. The number of nitrogens with zero attached hydrogens (tertiary/aromatic N) is 2. The largest absolute Gasteiger partial charge is 0.369 e. The topological polar surface area (TPSA) is 6.48 Å². The number of hydrogen-bond donors (Lipinski definition) is 0. The maximum Gasteiger partial charge on any atom is 0.0426 e. The minimum atomic E-state index is 0.609. The monoisotopic (exact) mass is 224 g/mol. The number of hydrogen-bond acceptors (Lipinski definition) is 2. The van der Waals surface area contributed by atoms with Crippen LogP contribution < -0.4 is 4.90 Å². The summed E-state index contributed by atoms with van der Waals surface area (Å²) in [6.45, 7) is 5.54. The summed E-state index contributed by atoms with van der Waals surface area (Å²) >= 11 is 5.99. The van der Waals surface area contributed by atoms with Crippen LogP contribution in [0.4, 0.5) is 5.69 Å². The van der Waals surface area contributed by atoms with Crippen LogP contribution >= 0.6 is 11.6 Å². The molecular formula is C12H17ClN2. The summed E-state index contributed by atoms with van der Waals surface area (Å²) in [5, 5.41) is 0.819. The number of benzene rings is 1. The standard InChI is InChI=1S/C12H17ClN2/c1-10-9-15(7-6-14(10)2)12-5-3-4-11(13)8-12/h3-5,8,10H,6-7,9H2,1-2H3. The third-order valence-electron chi connectivity index (χ3n) is 3.13. The van der Waals surface area contributed by atoms with E-state index in [9.17, 15) is 0 Å². The van der Waals surface area contributed by atoms with Gasteiger partial charge in [0.25, 0.3) is 0 Å². The van der Waals surface area contributed by atoms with Gasteiger partial charge in [-0.25, -0.2) is 0 Å². The first kappa shape index (κ1) is 10.8. The molecule has 1 aromatic carbocycles. The fourth-order valence-electron chi connectivity index (χ4n) is 1.96. The van der Waals surface area contributed by atoms with Gasteiger partial charge in [0.1, 0.15) is 0 Å². The number of anilines is 1. The summed E-state index contributed by atoms with van der Waals surface area (Å²) < 4.78 is 0. The Morgan fingerprint density at radius 3 is 2.80 bits per heavy atom.